The third-order valence-electron chi connectivity index (χ3n) is 4.41. The van der Waals surface area contributed by atoms with Gasteiger partial charge >= 0.3 is 0 Å². The fourth-order valence-electron chi connectivity index (χ4n) is 3.29. The minimum absolute atomic E-state index is 0.0149. The first-order valence-corrected chi connectivity index (χ1v) is 10.9. The van der Waals surface area contributed by atoms with E-state index in [0.717, 1.165) is 37.2 Å². The molecular formula is C19H25FN4O2S. The van der Waals surface area contributed by atoms with E-state index in [1.807, 2.05) is 13.8 Å². The number of anilines is 2. The minimum atomic E-state index is -3.45. The van der Waals surface area contributed by atoms with Gasteiger partial charge in [0.2, 0.25) is 10.0 Å². The number of aromatic nitrogens is 2. The van der Waals surface area contributed by atoms with E-state index < -0.39 is 10.0 Å². The molecule has 146 valence electrons. The van der Waals surface area contributed by atoms with Crippen LogP contribution in [0.25, 0.3) is 11.3 Å². The Labute approximate surface area is 159 Å². The van der Waals surface area contributed by atoms with Gasteiger partial charge in [-0.3, -0.25) is 4.72 Å². The lowest BCUT2D eigenvalue weighted by atomic mass is 10.0. The van der Waals surface area contributed by atoms with Crippen molar-refractivity contribution in [3.8, 4) is 11.3 Å². The zero-order valence-electron chi connectivity index (χ0n) is 15.7. The predicted molar refractivity (Wildman–Crippen MR) is 106 cm³/mol. The van der Waals surface area contributed by atoms with E-state index in [4.69, 9.17) is 0 Å². The second-order valence-electron chi connectivity index (χ2n) is 7.29. The van der Waals surface area contributed by atoms with Crippen molar-refractivity contribution >= 4 is 21.5 Å². The average molecular weight is 393 g/mol. The van der Waals surface area contributed by atoms with Crippen LogP contribution < -0.4 is 9.62 Å². The zero-order valence-corrected chi connectivity index (χ0v) is 16.5. The van der Waals surface area contributed by atoms with Crippen LogP contribution in [0.1, 0.15) is 33.1 Å². The number of piperidine rings is 1. The molecule has 0 radical (unpaired) electrons. The van der Waals surface area contributed by atoms with Crippen molar-refractivity contribution in [2.45, 2.75) is 33.1 Å². The van der Waals surface area contributed by atoms with Crippen molar-refractivity contribution in [1.29, 1.82) is 0 Å². The van der Waals surface area contributed by atoms with Gasteiger partial charge in [0.15, 0.2) is 5.82 Å². The van der Waals surface area contributed by atoms with Gasteiger partial charge in [0, 0.05) is 24.3 Å². The first-order chi connectivity index (χ1) is 12.8. The fraction of sp³-hybridized carbons (Fsp3) is 0.474. The molecule has 1 aromatic heterocycles. The van der Waals surface area contributed by atoms with Crippen molar-refractivity contribution in [1.82, 2.24) is 10.2 Å². The Morgan fingerprint density at radius 1 is 1.11 bits per heavy atom. The molecule has 27 heavy (non-hydrogen) atoms. The summed E-state index contributed by atoms with van der Waals surface area (Å²) in [6.07, 6.45) is 3.35. The van der Waals surface area contributed by atoms with Crippen LogP contribution in [-0.4, -0.2) is 37.5 Å². The normalized spacial score (nSPS) is 15.2. The molecule has 0 amide bonds. The van der Waals surface area contributed by atoms with Crippen LogP contribution in [0.3, 0.4) is 0 Å². The summed E-state index contributed by atoms with van der Waals surface area (Å²) in [6, 6.07) is 7.93. The summed E-state index contributed by atoms with van der Waals surface area (Å²) in [5.74, 6) is -0.0690. The third-order valence-corrected chi connectivity index (χ3v) is 6.04. The fourth-order valence-corrected chi connectivity index (χ4v) is 4.68. The largest absolute Gasteiger partial charge is 0.371 e. The van der Waals surface area contributed by atoms with Crippen molar-refractivity contribution < 1.29 is 12.8 Å². The Balaban J connectivity index is 1.85. The zero-order chi connectivity index (χ0) is 19.4. The molecule has 1 aliphatic rings. The first-order valence-electron chi connectivity index (χ1n) is 9.23. The van der Waals surface area contributed by atoms with E-state index in [9.17, 15) is 12.8 Å². The van der Waals surface area contributed by atoms with E-state index in [0.29, 0.717) is 5.69 Å². The second kappa shape index (κ2) is 8.21. The van der Waals surface area contributed by atoms with Gasteiger partial charge in [-0.1, -0.05) is 13.8 Å². The van der Waals surface area contributed by atoms with Crippen molar-refractivity contribution in [3.05, 3.63) is 36.1 Å². The van der Waals surface area contributed by atoms with Crippen LogP contribution in [0.5, 0.6) is 0 Å². The molecule has 6 nitrogen and oxygen atoms in total. The molecular weight excluding hydrogens is 367 g/mol. The van der Waals surface area contributed by atoms with Gasteiger partial charge in [-0.25, -0.2) is 12.8 Å². The van der Waals surface area contributed by atoms with E-state index in [-0.39, 0.29) is 23.3 Å². The number of nitrogens with one attached hydrogen (secondary N) is 1. The Morgan fingerprint density at radius 3 is 2.48 bits per heavy atom. The molecule has 3 rings (SSSR count). The van der Waals surface area contributed by atoms with Crippen LogP contribution in [0.4, 0.5) is 15.9 Å². The molecule has 0 saturated carbocycles. The van der Waals surface area contributed by atoms with Gasteiger partial charge in [-0.05, 0) is 55.5 Å². The van der Waals surface area contributed by atoms with Gasteiger partial charge in [0.1, 0.15) is 5.82 Å². The maximum atomic E-state index is 13.8. The summed E-state index contributed by atoms with van der Waals surface area (Å²) in [5, 5.41) is 8.18. The highest BCUT2D eigenvalue weighted by Gasteiger charge is 2.18. The molecule has 1 saturated heterocycles. The van der Waals surface area contributed by atoms with Gasteiger partial charge in [-0.2, -0.15) is 0 Å². The quantitative estimate of drug-likeness (QED) is 0.812. The van der Waals surface area contributed by atoms with Crippen molar-refractivity contribution in [3.63, 3.8) is 0 Å². The topological polar surface area (TPSA) is 75.2 Å². The highest BCUT2D eigenvalue weighted by Crippen LogP contribution is 2.32. The van der Waals surface area contributed by atoms with Crippen LogP contribution in [0.15, 0.2) is 30.3 Å². The summed E-state index contributed by atoms with van der Waals surface area (Å²) in [5.41, 5.74) is 2.18. The number of rotatable bonds is 6. The maximum absolute atomic E-state index is 13.8. The van der Waals surface area contributed by atoms with Gasteiger partial charge in [-0.15, -0.1) is 10.2 Å². The van der Waals surface area contributed by atoms with E-state index in [1.165, 1.54) is 18.6 Å². The molecule has 0 bridgehead atoms. The Bertz CT molecular complexity index is 879. The maximum Gasteiger partial charge on any atom is 0.234 e. The van der Waals surface area contributed by atoms with E-state index in [2.05, 4.69) is 19.8 Å². The SMILES string of the molecule is CC(C)CS(=O)(=O)Nc1ccc(-c2ccc(F)cc2N2CCCCC2)nn1. The van der Waals surface area contributed by atoms with Crippen LogP contribution >= 0.6 is 0 Å². The summed E-state index contributed by atoms with van der Waals surface area (Å²) in [4.78, 5) is 2.17. The molecule has 1 N–H and O–H groups in total. The Kier molecular flexibility index (Phi) is 5.94. The molecule has 0 aliphatic carbocycles. The molecule has 0 spiro atoms. The lowest BCUT2D eigenvalue weighted by molar-refractivity contribution is 0.574. The molecule has 1 fully saturated rings. The smallest absolute Gasteiger partial charge is 0.234 e. The predicted octanol–water partition coefficient (Wildman–Crippen LogP) is 3.67. The van der Waals surface area contributed by atoms with E-state index >= 15 is 0 Å². The standard InChI is InChI=1S/C19H25FN4O2S/c1-14(2)13-27(25,26)23-19-9-8-17(21-22-19)16-7-6-15(20)12-18(16)24-10-4-3-5-11-24/h6-9,12,14H,3-5,10-11,13H2,1-2H3,(H,22,23). The monoisotopic (exact) mass is 392 g/mol. The number of benzene rings is 1. The molecule has 8 heteroatoms. The summed E-state index contributed by atoms with van der Waals surface area (Å²) in [6.45, 7) is 5.45. The molecule has 1 aliphatic heterocycles. The third kappa shape index (κ3) is 5.15. The van der Waals surface area contributed by atoms with Gasteiger partial charge in [0.25, 0.3) is 0 Å². The summed E-state index contributed by atoms with van der Waals surface area (Å²) >= 11 is 0. The number of nitrogens with zero attached hydrogens (tertiary/aromatic N) is 3. The summed E-state index contributed by atoms with van der Waals surface area (Å²) < 4.78 is 40.3. The van der Waals surface area contributed by atoms with Gasteiger partial charge < -0.3 is 4.90 Å². The van der Waals surface area contributed by atoms with Crippen LogP contribution in [0.2, 0.25) is 0 Å². The first kappa shape index (κ1) is 19.5. The molecule has 0 atom stereocenters. The summed E-state index contributed by atoms with van der Waals surface area (Å²) in [7, 11) is -3.45. The molecule has 0 unspecified atom stereocenters. The lowest BCUT2D eigenvalue weighted by Gasteiger charge is -2.30. The number of halogens is 1. The van der Waals surface area contributed by atoms with E-state index in [1.54, 1.807) is 18.2 Å². The molecule has 2 aromatic rings. The van der Waals surface area contributed by atoms with Crippen molar-refractivity contribution in [2.75, 3.05) is 28.5 Å². The minimum Gasteiger partial charge on any atom is -0.371 e. The van der Waals surface area contributed by atoms with Gasteiger partial charge in [0.05, 0.1) is 11.4 Å². The number of hydrogen-bond donors (Lipinski definition) is 1. The molecule has 1 aromatic carbocycles. The number of hydrogen-bond acceptors (Lipinski definition) is 5. The Morgan fingerprint density at radius 2 is 1.85 bits per heavy atom. The van der Waals surface area contributed by atoms with Crippen molar-refractivity contribution in [2.24, 2.45) is 5.92 Å². The van der Waals surface area contributed by atoms with Crippen LogP contribution in [0, 0.1) is 11.7 Å². The second-order valence-corrected chi connectivity index (χ2v) is 9.06. The van der Waals surface area contributed by atoms with Crippen LogP contribution in [-0.2, 0) is 10.0 Å². The highest BCUT2D eigenvalue weighted by molar-refractivity contribution is 7.92. The lowest BCUT2D eigenvalue weighted by Crippen LogP contribution is -2.30. The molecule has 2 heterocycles. The Hall–Kier alpha value is -2.22. The highest BCUT2D eigenvalue weighted by atomic mass is 32.2. The average Bonchev–Trinajstić information content (AvgIpc) is 2.62. The number of sulfonamides is 1.